The Morgan fingerprint density at radius 1 is 1.45 bits per heavy atom. The maximum atomic E-state index is 6.18. The van der Waals surface area contributed by atoms with Crippen LogP contribution in [0.2, 0.25) is 5.02 Å². The number of ether oxygens (including phenoxy) is 1. The molecule has 1 aliphatic rings. The molecule has 0 spiro atoms. The molecule has 2 aromatic rings. The zero-order valence-electron chi connectivity index (χ0n) is 11.9. The van der Waals surface area contributed by atoms with E-state index in [1.165, 1.54) is 6.42 Å². The molecule has 1 saturated carbocycles. The summed E-state index contributed by atoms with van der Waals surface area (Å²) in [4.78, 5) is 0. The van der Waals surface area contributed by atoms with E-state index in [9.17, 15) is 0 Å². The van der Waals surface area contributed by atoms with Crippen LogP contribution in [0.3, 0.4) is 0 Å². The van der Waals surface area contributed by atoms with Crippen molar-refractivity contribution in [2.24, 2.45) is 0 Å². The van der Waals surface area contributed by atoms with E-state index in [0.717, 1.165) is 36.0 Å². The monoisotopic (exact) mass is 293 g/mol. The number of fused-ring (bicyclic) bond motifs is 1. The van der Waals surface area contributed by atoms with E-state index in [-0.39, 0.29) is 11.6 Å². The minimum atomic E-state index is 0.0104. The SMILES string of the molecule is CNC(CC1(OC)CCC1)c1cc2cccc(Cl)c2o1. The molecule has 4 heteroatoms. The molecule has 1 aromatic heterocycles. The number of nitrogens with one attached hydrogen (secondary N) is 1. The molecule has 0 amide bonds. The fourth-order valence-electron chi connectivity index (χ4n) is 3.00. The smallest absolute Gasteiger partial charge is 0.152 e. The van der Waals surface area contributed by atoms with Crippen molar-refractivity contribution < 1.29 is 9.15 Å². The van der Waals surface area contributed by atoms with Gasteiger partial charge in [-0.3, -0.25) is 0 Å². The van der Waals surface area contributed by atoms with Gasteiger partial charge in [-0.15, -0.1) is 0 Å². The third-order valence-electron chi connectivity index (χ3n) is 4.48. The molecule has 1 atom stereocenters. The van der Waals surface area contributed by atoms with Crippen molar-refractivity contribution in [1.82, 2.24) is 5.32 Å². The van der Waals surface area contributed by atoms with E-state index in [1.54, 1.807) is 7.11 Å². The van der Waals surface area contributed by atoms with E-state index in [1.807, 2.05) is 25.2 Å². The van der Waals surface area contributed by atoms with Gasteiger partial charge in [-0.1, -0.05) is 23.7 Å². The van der Waals surface area contributed by atoms with Crippen LogP contribution < -0.4 is 5.32 Å². The van der Waals surface area contributed by atoms with E-state index < -0.39 is 0 Å². The van der Waals surface area contributed by atoms with E-state index in [4.69, 9.17) is 20.8 Å². The van der Waals surface area contributed by atoms with Crippen molar-refractivity contribution in [2.45, 2.75) is 37.3 Å². The van der Waals surface area contributed by atoms with Gasteiger partial charge in [0.1, 0.15) is 5.76 Å². The minimum absolute atomic E-state index is 0.0104. The van der Waals surface area contributed by atoms with Crippen molar-refractivity contribution >= 4 is 22.6 Å². The van der Waals surface area contributed by atoms with Gasteiger partial charge in [0.15, 0.2) is 5.58 Å². The first-order valence-corrected chi connectivity index (χ1v) is 7.46. The normalized spacial score (nSPS) is 18.9. The number of furan rings is 1. The van der Waals surface area contributed by atoms with Gasteiger partial charge in [-0.2, -0.15) is 0 Å². The Hall–Kier alpha value is -1.03. The van der Waals surface area contributed by atoms with Gasteiger partial charge in [0.2, 0.25) is 0 Å². The van der Waals surface area contributed by atoms with Gasteiger partial charge in [0, 0.05) is 12.5 Å². The number of para-hydroxylation sites is 1. The number of halogens is 1. The number of methoxy groups -OCH3 is 1. The lowest BCUT2D eigenvalue weighted by Gasteiger charge is -2.42. The third-order valence-corrected chi connectivity index (χ3v) is 4.78. The standard InChI is InChI=1S/C16H20ClNO2/c1-18-13(10-16(19-2)7-4-8-16)14-9-11-5-3-6-12(17)15(11)20-14/h3,5-6,9,13,18H,4,7-8,10H2,1-2H3. The first-order valence-electron chi connectivity index (χ1n) is 7.08. The van der Waals surface area contributed by atoms with E-state index >= 15 is 0 Å². The first kappa shape index (κ1) is 13.9. The van der Waals surface area contributed by atoms with Gasteiger partial charge in [-0.25, -0.2) is 0 Å². The Kier molecular flexibility index (Phi) is 3.76. The Bertz CT molecular complexity index is 598. The molecule has 1 aliphatic carbocycles. The average Bonchev–Trinajstić information content (AvgIpc) is 2.84. The summed E-state index contributed by atoms with van der Waals surface area (Å²) in [6.07, 6.45) is 4.43. The highest BCUT2D eigenvalue weighted by Crippen LogP contribution is 2.42. The molecule has 1 heterocycles. The first-order chi connectivity index (χ1) is 9.67. The lowest BCUT2D eigenvalue weighted by molar-refractivity contribution is -0.0844. The highest BCUT2D eigenvalue weighted by molar-refractivity contribution is 6.34. The van der Waals surface area contributed by atoms with Crippen molar-refractivity contribution in [2.75, 3.05) is 14.2 Å². The summed E-state index contributed by atoms with van der Waals surface area (Å²) in [7, 11) is 3.77. The lowest BCUT2D eigenvalue weighted by atomic mass is 9.75. The van der Waals surface area contributed by atoms with Crippen molar-refractivity contribution in [3.63, 3.8) is 0 Å². The predicted octanol–water partition coefficient (Wildman–Crippen LogP) is 4.31. The molecule has 1 fully saturated rings. The maximum Gasteiger partial charge on any atom is 0.152 e. The van der Waals surface area contributed by atoms with E-state index in [0.29, 0.717) is 5.02 Å². The van der Waals surface area contributed by atoms with Crippen LogP contribution in [0.4, 0.5) is 0 Å². The van der Waals surface area contributed by atoms with Crippen LogP contribution in [0.15, 0.2) is 28.7 Å². The fraction of sp³-hybridized carbons (Fsp3) is 0.500. The minimum Gasteiger partial charge on any atom is -0.458 e. The molecule has 1 unspecified atom stereocenters. The third kappa shape index (κ3) is 2.34. The van der Waals surface area contributed by atoms with Gasteiger partial charge < -0.3 is 14.5 Å². The number of hydrogen-bond donors (Lipinski definition) is 1. The largest absolute Gasteiger partial charge is 0.458 e. The molecule has 0 aliphatic heterocycles. The predicted molar refractivity (Wildman–Crippen MR) is 81.2 cm³/mol. The van der Waals surface area contributed by atoms with Crippen molar-refractivity contribution in [3.8, 4) is 0 Å². The van der Waals surface area contributed by atoms with Gasteiger partial charge in [0.25, 0.3) is 0 Å². The molecule has 0 saturated heterocycles. The topological polar surface area (TPSA) is 34.4 Å². The average molecular weight is 294 g/mol. The van der Waals surface area contributed by atoms with Crippen LogP contribution in [0, 0.1) is 0 Å². The fourth-order valence-corrected chi connectivity index (χ4v) is 3.22. The van der Waals surface area contributed by atoms with Crippen molar-refractivity contribution in [3.05, 3.63) is 35.0 Å². The summed E-state index contributed by atoms with van der Waals surface area (Å²) in [5.74, 6) is 0.930. The molecule has 1 aromatic carbocycles. The molecule has 20 heavy (non-hydrogen) atoms. The highest BCUT2D eigenvalue weighted by Gasteiger charge is 2.39. The van der Waals surface area contributed by atoms with Crippen LogP contribution in [0.5, 0.6) is 0 Å². The molecule has 0 bridgehead atoms. The quantitative estimate of drug-likeness (QED) is 0.892. The zero-order chi connectivity index (χ0) is 14.2. The van der Waals surface area contributed by atoms with Gasteiger partial charge in [-0.05, 0) is 44.9 Å². The van der Waals surface area contributed by atoms with Crippen LogP contribution in [0.25, 0.3) is 11.0 Å². The molecule has 3 rings (SSSR count). The second kappa shape index (κ2) is 5.40. The van der Waals surface area contributed by atoms with Crippen LogP contribution >= 0.6 is 11.6 Å². The summed E-state index contributed by atoms with van der Waals surface area (Å²) < 4.78 is 11.7. The summed E-state index contributed by atoms with van der Waals surface area (Å²) in [5.41, 5.74) is 0.778. The molecular formula is C16H20ClNO2. The Morgan fingerprint density at radius 2 is 2.25 bits per heavy atom. The Morgan fingerprint density at radius 3 is 2.80 bits per heavy atom. The summed E-state index contributed by atoms with van der Waals surface area (Å²) in [6, 6.07) is 8.05. The van der Waals surface area contributed by atoms with E-state index in [2.05, 4.69) is 11.4 Å². The zero-order valence-corrected chi connectivity index (χ0v) is 12.7. The Balaban J connectivity index is 1.89. The van der Waals surface area contributed by atoms with Gasteiger partial charge >= 0.3 is 0 Å². The van der Waals surface area contributed by atoms with Crippen LogP contribution in [0.1, 0.15) is 37.5 Å². The molecule has 0 radical (unpaired) electrons. The second-order valence-electron chi connectivity index (χ2n) is 5.59. The van der Waals surface area contributed by atoms with Gasteiger partial charge in [0.05, 0.1) is 16.7 Å². The highest BCUT2D eigenvalue weighted by atomic mass is 35.5. The van der Waals surface area contributed by atoms with Crippen LogP contribution in [-0.4, -0.2) is 19.8 Å². The number of benzene rings is 1. The molecule has 3 nitrogen and oxygen atoms in total. The summed E-state index contributed by atoms with van der Waals surface area (Å²) in [5, 5.41) is 5.05. The van der Waals surface area contributed by atoms with Crippen molar-refractivity contribution in [1.29, 1.82) is 0 Å². The lowest BCUT2D eigenvalue weighted by Crippen LogP contribution is -2.42. The second-order valence-corrected chi connectivity index (χ2v) is 6.00. The summed E-state index contributed by atoms with van der Waals surface area (Å²) >= 11 is 6.18. The molecule has 1 N–H and O–H groups in total. The molecule has 108 valence electrons. The maximum absolute atomic E-state index is 6.18. The summed E-state index contributed by atoms with van der Waals surface area (Å²) in [6.45, 7) is 0. The molecular weight excluding hydrogens is 274 g/mol. The Labute approximate surface area is 124 Å². The number of rotatable bonds is 5. The van der Waals surface area contributed by atoms with Crippen LogP contribution in [-0.2, 0) is 4.74 Å². The number of hydrogen-bond acceptors (Lipinski definition) is 3.